The van der Waals surface area contributed by atoms with E-state index in [1.807, 2.05) is 0 Å². The third-order valence-electron chi connectivity index (χ3n) is 5.01. The number of nitrogens with two attached hydrogens (primary N) is 1. The summed E-state index contributed by atoms with van der Waals surface area (Å²) in [6.07, 6.45) is 4.94. The fourth-order valence-corrected chi connectivity index (χ4v) is 3.43. The minimum Gasteiger partial charge on any atom is -0.327 e. The third kappa shape index (κ3) is 3.60. The van der Waals surface area contributed by atoms with Gasteiger partial charge in [0.05, 0.1) is 0 Å². The molecule has 0 radical (unpaired) electrons. The van der Waals surface area contributed by atoms with Gasteiger partial charge < -0.3 is 5.73 Å². The second-order valence-electron chi connectivity index (χ2n) is 7.43. The molecule has 0 heterocycles. The first kappa shape index (κ1) is 14.6. The summed E-state index contributed by atoms with van der Waals surface area (Å²) in [7, 11) is 0. The van der Waals surface area contributed by atoms with Crippen LogP contribution in [0.5, 0.6) is 0 Å². The van der Waals surface area contributed by atoms with Crippen LogP contribution in [0.3, 0.4) is 0 Å². The van der Waals surface area contributed by atoms with Crippen molar-refractivity contribution in [1.82, 2.24) is 0 Å². The third-order valence-corrected chi connectivity index (χ3v) is 5.01. The topological polar surface area (TPSA) is 26.0 Å². The lowest BCUT2D eigenvalue weighted by molar-refractivity contribution is 0.126. The number of aryl methyl sites for hydroxylation is 1. The largest absolute Gasteiger partial charge is 0.327 e. The highest BCUT2D eigenvalue weighted by Crippen LogP contribution is 2.40. The van der Waals surface area contributed by atoms with E-state index in [1.165, 1.54) is 30.4 Å². The fourth-order valence-electron chi connectivity index (χ4n) is 3.43. The highest BCUT2D eigenvalue weighted by Gasteiger charge is 2.34. The Bertz CT molecular complexity index is 416. The van der Waals surface area contributed by atoms with Crippen molar-refractivity contribution in [3.63, 3.8) is 0 Å². The molecule has 1 aliphatic rings. The van der Waals surface area contributed by atoms with Crippen molar-refractivity contribution >= 4 is 0 Å². The molecule has 106 valence electrons. The van der Waals surface area contributed by atoms with Crippen LogP contribution in [0.15, 0.2) is 24.3 Å². The minimum absolute atomic E-state index is 0.387. The monoisotopic (exact) mass is 259 g/mol. The van der Waals surface area contributed by atoms with Crippen molar-refractivity contribution in [1.29, 1.82) is 0 Å². The van der Waals surface area contributed by atoms with Gasteiger partial charge in [-0.1, -0.05) is 45.0 Å². The summed E-state index contributed by atoms with van der Waals surface area (Å²) < 4.78 is 0. The van der Waals surface area contributed by atoms with Crippen molar-refractivity contribution in [2.45, 2.75) is 59.4 Å². The summed E-state index contributed by atoms with van der Waals surface area (Å²) in [6.45, 7) is 9.34. The van der Waals surface area contributed by atoms with Crippen molar-refractivity contribution in [2.75, 3.05) is 0 Å². The van der Waals surface area contributed by atoms with Crippen LogP contribution in [0.1, 0.15) is 51.2 Å². The lowest BCUT2D eigenvalue weighted by atomic mass is 9.66. The van der Waals surface area contributed by atoms with Crippen molar-refractivity contribution in [2.24, 2.45) is 23.0 Å². The van der Waals surface area contributed by atoms with Gasteiger partial charge >= 0.3 is 0 Å². The summed E-state index contributed by atoms with van der Waals surface area (Å²) in [5.41, 5.74) is 9.70. The highest BCUT2D eigenvalue weighted by molar-refractivity contribution is 5.26. The Labute approximate surface area is 118 Å². The molecule has 2 rings (SSSR count). The standard InChI is InChI=1S/C18H29N/c1-13-7-5-6-8-14(13)11-15-12-16(18(2,3)4)9-10-17(15)19/h5-8,15-17H,9-12,19H2,1-4H3. The maximum absolute atomic E-state index is 6.38. The van der Waals surface area contributed by atoms with Crippen molar-refractivity contribution < 1.29 is 0 Å². The van der Waals surface area contributed by atoms with Crippen LogP contribution < -0.4 is 5.73 Å². The van der Waals surface area contributed by atoms with E-state index >= 15 is 0 Å². The average molecular weight is 259 g/mol. The molecular weight excluding hydrogens is 230 g/mol. The quantitative estimate of drug-likeness (QED) is 0.840. The first-order valence-electron chi connectivity index (χ1n) is 7.68. The van der Waals surface area contributed by atoms with E-state index in [-0.39, 0.29) is 0 Å². The molecule has 1 heteroatoms. The molecule has 3 atom stereocenters. The molecule has 1 aliphatic carbocycles. The van der Waals surface area contributed by atoms with E-state index in [4.69, 9.17) is 5.73 Å². The minimum atomic E-state index is 0.387. The van der Waals surface area contributed by atoms with Crippen LogP contribution in [0.2, 0.25) is 0 Å². The molecule has 0 amide bonds. The zero-order chi connectivity index (χ0) is 14.0. The maximum Gasteiger partial charge on any atom is 0.00705 e. The molecule has 1 fully saturated rings. The van der Waals surface area contributed by atoms with E-state index in [0.29, 0.717) is 17.4 Å². The van der Waals surface area contributed by atoms with Crippen molar-refractivity contribution in [3.05, 3.63) is 35.4 Å². The Morgan fingerprint density at radius 2 is 1.84 bits per heavy atom. The first-order valence-corrected chi connectivity index (χ1v) is 7.68. The Kier molecular flexibility index (Phi) is 4.35. The zero-order valence-electron chi connectivity index (χ0n) is 12.9. The normalized spacial score (nSPS) is 28.4. The van der Waals surface area contributed by atoms with Crippen LogP contribution in [0.4, 0.5) is 0 Å². The molecule has 2 N–H and O–H groups in total. The Hall–Kier alpha value is -0.820. The SMILES string of the molecule is Cc1ccccc1CC1CC(C(C)(C)C)CCC1N. The number of benzene rings is 1. The van der Waals surface area contributed by atoms with Gasteiger partial charge in [-0.05, 0) is 61.0 Å². The van der Waals surface area contributed by atoms with Gasteiger partial charge in [-0.15, -0.1) is 0 Å². The summed E-state index contributed by atoms with van der Waals surface area (Å²) in [5.74, 6) is 1.47. The molecule has 1 aromatic carbocycles. The predicted octanol–water partition coefficient (Wildman–Crippen LogP) is 4.33. The number of hydrogen-bond acceptors (Lipinski definition) is 1. The van der Waals surface area contributed by atoms with E-state index in [2.05, 4.69) is 52.0 Å². The van der Waals surface area contributed by atoms with Gasteiger partial charge in [0, 0.05) is 6.04 Å². The Morgan fingerprint density at radius 3 is 2.47 bits per heavy atom. The number of hydrogen-bond donors (Lipinski definition) is 1. The smallest absolute Gasteiger partial charge is 0.00705 e. The summed E-state index contributed by atoms with van der Waals surface area (Å²) in [5, 5.41) is 0. The van der Waals surface area contributed by atoms with Gasteiger partial charge in [0.15, 0.2) is 0 Å². The van der Waals surface area contributed by atoms with Crippen LogP contribution in [-0.4, -0.2) is 6.04 Å². The van der Waals surface area contributed by atoms with Crippen LogP contribution in [0, 0.1) is 24.2 Å². The van der Waals surface area contributed by atoms with Gasteiger partial charge in [0.25, 0.3) is 0 Å². The zero-order valence-corrected chi connectivity index (χ0v) is 12.9. The lowest BCUT2D eigenvalue weighted by Gasteiger charge is -2.41. The van der Waals surface area contributed by atoms with E-state index in [0.717, 1.165) is 12.3 Å². The molecule has 0 aliphatic heterocycles. The van der Waals surface area contributed by atoms with Gasteiger partial charge in [-0.25, -0.2) is 0 Å². The second kappa shape index (κ2) is 5.66. The molecule has 3 unspecified atom stereocenters. The highest BCUT2D eigenvalue weighted by atomic mass is 14.7. The fraction of sp³-hybridized carbons (Fsp3) is 0.667. The van der Waals surface area contributed by atoms with Gasteiger partial charge in [0.2, 0.25) is 0 Å². The Balaban J connectivity index is 2.08. The molecule has 0 saturated heterocycles. The molecule has 1 nitrogen and oxygen atoms in total. The maximum atomic E-state index is 6.38. The molecule has 0 aromatic heterocycles. The van der Waals surface area contributed by atoms with Gasteiger partial charge in [-0.2, -0.15) is 0 Å². The molecule has 0 spiro atoms. The molecule has 1 saturated carbocycles. The molecule has 0 bridgehead atoms. The number of rotatable bonds is 2. The predicted molar refractivity (Wildman–Crippen MR) is 83.1 cm³/mol. The molecule has 1 aromatic rings. The summed E-state index contributed by atoms with van der Waals surface area (Å²) >= 11 is 0. The molecule has 19 heavy (non-hydrogen) atoms. The van der Waals surface area contributed by atoms with Gasteiger partial charge in [-0.3, -0.25) is 0 Å². The van der Waals surface area contributed by atoms with E-state index < -0.39 is 0 Å². The molecular formula is C18H29N. The summed E-state index contributed by atoms with van der Waals surface area (Å²) in [6, 6.07) is 9.14. The summed E-state index contributed by atoms with van der Waals surface area (Å²) in [4.78, 5) is 0. The van der Waals surface area contributed by atoms with Gasteiger partial charge in [0.1, 0.15) is 0 Å². The second-order valence-corrected chi connectivity index (χ2v) is 7.43. The van der Waals surface area contributed by atoms with E-state index in [9.17, 15) is 0 Å². The van der Waals surface area contributed by atoms with Crippen molar-refractivity contribution in [3.8, 4) is 0 Å². The first-order chi connectivity index (χ1) is 8.88. The van der Waals surface area contributed by atoms with Crippen LogP contribution >= 0.6 is 0 Å². The van der Waals surface area contributed by atoms with E-state index in [1.54, 1.807) is 0 Å². The Morgan fingerprint density at radius 1 is 1.16 bits per heavy atom. The average Bonchev–Trinajstić information content (AvgIpc) is 2.33. The van der Waals surface area contributed by atoms with Crippen LogP contribution in [0.25, 0.3) is 0 Å². The van der Waals surface area contributed by atoms with Crippen LogP contribution in [-0.2, 0) is 6.42 Å². The lowest BCUT2D eigenvalue weighted by Crippen LogP contribution is -2.40.